The van der Waals surface area contributed by atoms with Crippen LogP contribution in [0.1, 0.15) is 0 Å². The fourth-order valence-electron chi connectivity index (χ4n) is 0.159. The predicted molar refractivity (Wildman–Crippen MR) is 27.0 cm³/mol. The molecular formula is C5H6O2. The maximum atomic E-state index is 9.48. The maximum absolute atomic E-state index is 9.48. The summed E-state index contributed by atoms with van der Waals surface area (Å²) in [5.74, 6) is 0. The van der Waals surface area contributed by atoms with Crippen molar-refractivity contribution >= 4 is 6.29 Å². The van der Waals surface area contributed by atoms with Crippen molar-refractivity contribution in [2.75, 3.05) is 0 Å². The van der Waals surface area contributed by atoms with Crippen molar-refractivity contribution in [3.05, 3.63) is 24.5 Å². The van der Waals surface area contributed by atoms with Crippen LogP contribution >= 0.6 is 0 Å². The van der Waals surface area contributed by atoms with Gasteiger partial charge < -0.3 is 5.11 Å². The molecule has 0 amide bonds. The van der Waals surface area contributed by atoms with Crippen LogP contribution in [0.25, 0.3) is 0 Å². The molecule has 0 aliphatic heterocycles. The van der Waals surface area contributed by atoms with Crippen LogP contribution < -0.4 is 0 Å². The summed E-state index contributed by atoms with van der Waals surface area (Å²) in [7, 11) is 0. The molecule has 0 spiro atoms. The smallest absolute Gasteiger partial charge is 0.142 e. The second-order valence-electron chi connectivity index (χ2n) is 0.863. The van der Waals surface area contributed by atoms with Gasteiger partial charge in [-0.25, -0.2) is 0 Å². The molecule has 0 atom stereocenters. The molecule has 7 heavy (non-hydrogen) atoms. The number of aldehydes is 1. The van der Waals surface area contributed by atoms with Crippen LogP contribution in [0.15, 0.2) is 24.5 Å². The second-order valence-corrected chi connectivity index (χ2v) is 0.863. The van der Waals surface area contributed by atoms with E-state index >= 15 is 0 Å². The number of rotatable bonds is 2. The molecule has 0 aliphatic rings. The van der Waals surface area contributed by atoms with Gasteiger partial charge in [-0.2, -0.15) is 0 Å². The quantitative estimate of drug-likeness (QED) is 0.240. The summed E-state index contributed by atoms with van der Waals surface area (Å²) in [6, 6.07) is 0. The zero-order valence-corrected chi connectivity index (χ0v) is 3.74. The lowest BCUT2D eigenvalue weighted by Crippen LogP contribution is -1.55. The van der Waals surface area contributed by atoms with E-state index in [0.717, 1.165) is 6.26 Å². The first-order valence-electron chi connectivity index (χ1n) is 1.83. The average Bonchev–Trinajstić information content (AvgIpc) is 1.69. The monoisotopic (exact) mass is 98.0 g/mol. The lowest BCUT2D eigenvalue weighted by Gasteiger charge is -1.63. The van der Waals surface area contributed by atoms with Gasteiger partial charge in [0.1, 0.15) is 6.29 Å². The van der Waals surface area contributed by atoms with Gasteiger partial charge in [0, 0.05) is 0 Å². The Kier molecular flexibility index (Phi) is 4.21. The molecule has 0 unspecified atom stereocenters. The molecule has 0 saturated carbocycles. The van der Waals surface area contributed by atoms with Crippen LogP contribution in [-0.2, 0) is 4.79 Å². The Bertz CT molecular complexity index is 92.3. The molecule has 0 aromatic rings. The molecule has 0 aromatic carbocycles. The Morgan fingerprint density at radius 3 is 2.29 bits per heavy atom. The first-order chi connectivity index (χ1) is 3.41. The van der Waals surface area contributed by atoms with Gasteiger partial charge in [0.25, 0.3) is 0 Å². The average molecular weight is 98.1 g/mol. The minimum absolute atomic E-state index is 0.639. The van der Waals surface area contributed by atoms with Crippen LogP contribution in [0, 0.1) is 0 Å². The summed E-state index contributed by atoms with van der Waals surface area (Å²) in [6.07, 6.45) is 5.58. The lowest BCUT2D eigenvalue weighted by molar-refractivity contribution is -0.104. The second kappa shape index (κ2) is 4.95. The third kappa shape index (κ3) is 4.95. The maximum Gasteiger partial charge on any atom is 0.142 e. The third-order valence-corrected chi connectivity index (χ3v) is 0.387. The number of aliphatic hydroxyl groups is 1. The highest BCUT2D eigenvalue weighted by Gasteiger charge is 1.56. The van der Waals surface area contributed by atoms with Crippen LogP contribution in [0.4, 0.5) is 0 Å². The van der Waals surface area contributed by atoms with E-state index in [4.69, 9.17) is 5.11 Å². The molecule has 0 saturated heterocycles. The lowest BCUT2D eigenvalue weighted by atomic mass is 10.5. The number of allylic oxidation sites excluding steroid dienone is 3. The summed E-state index contributed by atoms with van der Waals surface area (Å²) in [4.78, 5) is 9.48. The zero-order chi connectivity index (χ0) is 5.54. The Morgan fingerprint density at radius 2 is 1.86 bits per heavy atom. The number of hydrogen-bond acceptors (Lipinski definition) is 2. The molecule has 0 heterocycles. The molecule has 0 rings (SSSR count). The molecule has 2 nitrogen and oxygen atoms in total. The van der Waals surface area contributed by atoms with E-state index in [1.54, 1.807) is 0 Å². The summed E-state index contributed by atoms with van der Waals surface area (Å²) < 4.78 is 0. The van der Waals surface area contributed by atoms with Crippen LogP contribution in [0.5, 0.6) is 0 Å². The van der Waals surface area contributed by atoms with Crippen molar-refractivity contribution in [3.63, 3.8) is 0 Å². The SMILES string of the molecule is O=CC=C/C=C\O. The normalized spacial score (nSPS) is 10.9. The van der Waals surface area contributed by atoms with Crippen LogP contribution in [0.3, 0.4) is 0 Å². The van der Waals surface area contributed by atoms with E-state index in [-0.39, 0.29) is 0 Å². The Hall–Kier alpha value is -1.05. The molecule has 38 valence electrons. The standard InChI is InChI=1S/C5H6O2/c6-4-2-1-3-5-7/h1-6H/b3-1?,4-2-. The molecule has 0 aliphatic carbocycles. The first kappa shape index (κ1) is 5.95. The predicted octanol–water partition coefficient (Wildman–Crippen LogP) is 0.813. The van der Waals surface area contributed by atoms with Crippen LogP contribution in [0.2, 0.25) is 0 Å². The van der Waals surface area contributed by atoms with Gasteiger partial charge in [0.05, 0.1) is 6.26 Å². The van der Waals surface area contributed by atoms with E-state index in [1.807, 2.05) is 0 Å². The highest BCUT2D eigenvalue weighted by Crippen LogP contribution is 1.68. The Balaban J connectivity index is 3.27. The van der Waals surface area contributed by atoms with Crippen molar-refractivity contribution in [2.24, 2.45) is 0 Å². The molecule has 0 bridgehead atoms. The molecule has 0 fully saturated rings. The Labute approximate surface area is 41.8 Å². The summed E-state index contributed by atoms with van der Waals surface area (Å²) >= 11 is 0. The van der Waals surface area contributed by atoms with Gasteiger partial charge in [0.2, 0.25) is 0 Å². The molecular weight excluding hydrogens is 92.1 g/mol. The highest BCUT2D eigenvalue weighted by atomic mass is 16.2. The van der Waals surface area contributed by atoms with Gasteiger partial charge in [-0.15, -0.1) is 0 Å². The summed E-state index contributed by atoms with van der Waals surface area (Å²) in [5, 5.41) is 7.95. The van der Waals surface area contributed by atoms with Crippen molar-refractivity contribution in [3.8, 4) is 0 Å². The Morgan fingerprint density at radius 1 is 1.14 bits per heavy atom. The number of carbonyl (C=O) groups excluding carboxylic acids is 1. The zero-order valence-electron chi connectivity index (χ0n) is 3.74. The van der Waals surface area contributed by atoms with E-state index in [2.05, 4.69) is 0 Å². The minimum Gasteiger partial charge on any atom is -0.516 e. The summed E-state index contributed by atoms with van der Waals surface area (Å²) in [6.45, 7) is 0. The van der Waals surface area contributed by atoms with E-state index < -0.39 is 0 Å². The number of hydrogen-bond donors (Lipinski definition) is 1. The van der Waals surface area contributed by atoms with Crippen molar-refractivity contribution in [1.29, 1.82) is 0 Å². The first-order valence-corrected chi connectivity index (χ1v) is 1.83. The van der Waals surface area contributed by atoms with Gasteiger partial charge in [-0.1, -0.05) is 6.08 Å². The van der Waals surface area contributed by atoms with Gasteiger partial charge in [0.15, 0.2) is 0 Å². The van der Waals surface area contributed by atoms with Crippen molar-refractivity contribution in [2.45, 2.75) is 0 Å². The molecule has 0 radical (unpaired) electrons. The third-order valence-electron chi connectivity index (χ3n) is 0.387. The van der Waals surface area contributed by atoms with E-state index in [1.165, 1.54) is 18.2 Å². The fraction of sp³-hybridized carbons (Fsp3) is 0. The molecule has 2 heteroatoms. The topological polar surface area (TPSA) is 37.3 Å². The molecule has 1 N–H and O–H groups in total. The van der Waals surface area contributed by atoms with E-state index in [0.29, 0.717) is 6.29 Å². The van der Waals surface area contributed by atoms with E-state index in [9.17, 15) is 4.79 Å². The summed E-state index contributed by atoms with van der Waals surface area (Å²) in [5.41, 5.74) is 0. The fourth-order valence-corrected chi connectivity index (χ4v) is 0.159. The van der Waals surface area contributed by atoms with Crippen molar-refractivity contribution < 1.29 is 9.90 Å². The number of aliphatic hydroxyl groups excluding tert-OH is 1. The minimum atomic E-state index is 0.639. The molecule has 0 aromatic heterocycles. The van der Waals surface area contributed by atoms with Gasteiger partial charge in [-0.05, 0) is 12.2 Å². The largest absolute Gasteiger partial charge is 0.516 e. The highest BCUT2D eigenvalue weighted by molar-refractivity contribution is 5.65. The number of carbonyl (C=O) groups is 1. The van der Waals surface area contributed by atoms with Crippen LogP contribution in [-0.4, -0.2) is 11.4 Å². The van der Waals surface area contributed by atoms with Gasteiger partial charge in [-0.3, -0.25) is 4.79 Å². The van der Waals surface area contributed by atoms with Gasteiger partial charge >= 0.3 is 0 Å². The van der Waals surface area contributed by atoms with Crippen molar-refractivity contribution in [1.82, 2.24) is 0 Å².